The SMILES string of the molecule is CC(C)c1cc2c(cc1C(C)(C)C)OC(F)(F)O2. The summed E-state index contributed by atoms with van der Waals surface area (Å²) < 4.78 is 35.1. The van der Waals surface area contributed by atoms with Gasteiger partial charge >= 0.3 is 6.29 Å². The number of alkyl halides is 2. The Bertz CT molecular complexity index is 473. The van der Waals surface area contributed by atoms with Gasteiger partial charge in [0.1, 0.15) is 0 Å². The second kappa shape index (κ2) is 3.84. The Morgan fingerprint density at radius 1 is 1.06 bits per heavy atom. The number of hydrogen-bond acceptors (Lipinski definition) is 2. The first-order valence-electron chi connectivity index (χ1n) is 6.04. The summed E-state index contributed by atoms with van der Waals surface area (Å²) in [5.41, 5.74) is 1.90. The van der Waals surface area contributed by atoms with Crippen molar-refractivity contribution in [1.82, 2.24) is 0 Å². The highest BCUT2D eigenvalue weighted by molar-refractivity contribution is 5.52. The topological polar surface area (TPSA) is 18.5 Å². The zero-order chi connectivity index (χ0) is 13.7. The number of halogens is 2. The van der Waals surface area contributed by atoms with E-state index in [4.69, 9.17) is 0 Å². The number of rotatable bonds is 1. The molecule has 0 saturated carbocycles. The van der Waals surface area contributed by atoms with Crippen LogP contribution < -0.4 is 9.47 Å². The molecule has 18 heavy (non-hydrogen) atoms. The van der Waals surface area contributed by atoms with Crippen LogP contribution in [0.5, 0.6) is 11.5 Å². The van der Waals surface area contributed by atoms with E-state index in [9.17, 15) is 8.78 Å². The van der Waals surface area contributed by atoms with E-state index in [1.807, 2.05) is 13.8 Å². The first-order chi connectivity index (χ1) is 8.10. The van der Waals surface area contributed by atoms with Crippen LogP contribution in [0.15, 0.2) is 12.1 Å². The van der Waals surface area contributed by atoms with Crippen LogP contribution in [0.25, 0.3) is 0 Å². The summed E-state index contributed by atoms with van der Waals surface area (Å²) >= 11 is 0. The van der Waals surface area contributed by atoms with Crippen molar-refractivity contribution in [2.75, 3.05) is 0 Å². The maximum Gasteiger partial charge on any atom is 0.586 e. The van der Waals surface area contributed by atoms with Gasteiger partial charge in [-0.25, -0.2) is 0 Å². The fourth-order valence-corrected chi connectivity index (χ4v) is 2.14. The molecule has 0 bridgehead atoms. The summed E-state index contributed by atoms with van der Waals surface area (Å²) in [6, 6.07) is 3.34. The largest absolute Gasteiger partial charge is 0.586 e. The van der Waals surface area contributed by atoms with E-state index in [0.29, 0.717) is 0 Å². The van der Waals surface area contributed by atoms with Crippen LogP contribution in [-0.2, 0) is 5.41 Å². The Labute approximate surface area is 106 Å². The van der Waals surface area contributed by atoms with E-state index in [0.717, 1.165) is 11.1 Å². The van der Waals surface area contributed by atoms with E-state index in [-0.39, 0.29) is 22.8 Å². The first kappa shape index (κ1) is 13.1. The second-order valence-corrected chi connectivity index (χ2v) is 5.96. The van der Waals surface area contributed by atoms with Crippen LogP contribution in [0.4, 0.5) is 8.78 Å². The molecule has 1 aromatic rings. The molecule has 0 fully saturated rings. The van der Waals surface area contributed by atoms with Gasteiger partial charge in [0, 0.05) is 0 Å². The van der Waals surface area contributed by atoms with Crippen molar-refractivity contribution in [3.63, 3.8) is 0 Å². The third-order valence-electron chi connectivity index (χ3n) is 3.00. The first-order valence-corrected chi connectivity index (χ1v) is 6.04. The van der Waals surface area contributed by atoms with Gasteiger partial charge < -0.3 is 9.47 Å². The number of benzene rings is 1. The van der Waals surface area contributed by atoms with Gasteiger partial charge in [-0.15, -0.1) is 8.78 Å². The lowest BCUT2D eigenvalue weighted by Gasteiger charge is -2.25. The van der Waals surface area contributed by atoms with Crippen molar-refractivity contribution in [2.45, 2.75) is 52.2 Å². The molecule has 1 aliphatic rings. The average Bonchev–Trinajstić information content (AvgIpc) is 2.47. The third kappa shape index (κ3) is 2.28. The molecule has 0 N–H and O–H groups in total. The van der Waals surface area contributed by atoms with Crippen molar-refractivity contribution in [1.29, 1.82) is 0 Å². The van der Waals surface area contributed by atoms with Crippen LogP contribution in [-0.4, -0.2) is 6.29 Å². The number of hydrogen-bond donors (Lipinski definition) is 0. The molecule has 0 radical (unpaired) electrons. The lowest BCUT2D eigenvalue weighted by atomic mass is 9.80. The highest BCUT2D eigenvalue weighted by atomic mass is 19.3. The summed E-state index contributed by atoms with van der Waals surface area (Å²) in [7, 11) is 0. The maximum absolute atomic E-state index is 13.1. The molecule has 2 rings (SSSR count). The Hall–Kier alpha value is -1.32. The summed E-state index contributed by atoms with van der Waals surface area (Å²) in [6.45, 7) is 10.2. The van der Waals surface area contributed by atoms with Gasteiger partial charge in [-0.05, 0) is 34.6 Å². The molecule has 1 aromatic carbocycles. The molecule has 1 heterocycles. The molecule has 0 aliphatic carbocycles. The van der Waals surface area contributed by atoms with Crippen LogP contribution in [0.1, 0.15) is 51.7 Å². The van der Waals surface area contributed by atoms with Crippen LogP contribution in [0.2, 0.25) is 0 Å². The quantitative estimate of drug-likeness (QED) is 0.740. The molecular weight excluding hydrogens is 238 g/mol. The third-order valence-corrected chi connectivity index (χ3v) is 3.00. The van der Waals surface area contributed by atoms with E-state index >= 15 is 0 Å². The molecule has 0 aromatic heterocycles. The Morgan fingerprint density at radius 2 is 1.56 bits per heavy atom. The predicted octanol–water partition coefficient (Wildman–Crippen LogP) is 4.43. The molecule has 0 atom stereocenters. The van der Waals surface area contributed by atoms with E-state index in [2.05, 4.69) is 30.2 Å². The van der Waals surface area contributed by atoms with Gasteiger partial charge in [-0.2, -0.15) is 0 Å². The Morgan fingerprint density at radius 3 is 2.00 bits per heavy atom. The summed E-state index contributed by atoms with van der Waals surface area (Å²) in [5, 5.41) is 0. The second-order valence-electron chi connectivity index (χ2n) is 5.96. The molecule has 2 nitrogen and oxygen atoms in total. The number of fused-ring (bicyclic) bond motifs is 1. The lowest BCUT2D eigenvalue weighted by molar-refractivity contribution is -0.286. The lowest BCUT2D eigenvalue weighted by Crippen LogP contribution is -2.25. The normalized spacial score (nSPS) is 17.3. The van der Waals surface area contributed by atoms with Gasteiger partial charge in [-0.1, -0.05) is 34.6 Å². The van der Waals surface area contributed by atoms with Crippen molar-refractivity contribution in [3.05, 3.63) is 23.3 Å². The fraction of sp³-hybridized carbons (Fsp3) is 0.571. The summed E-state index contributed by atoms with van der Waals surface area (Å²) in [5.74, 6) is 0.480. The van der Waals surface area contributed by atoms with Crippen molar-refractivity contribution >= 4 is 0 Å². The van der Waals surface area contributed by atoms with Gasteiger partial charge in [0.2, 0.25) is 0 Å². The highest BCUT2D eigenvalue weighted by Gasteiger charge is 2.44. The number of ether oxygens (including phenoxy) is 2. The van der Waals surface area contributed by atoms with Gasteiger partial charge in [0.05, 0.1) is 0 Å². The Kier molecular flexibility index (Phi) is 2.80. The molecule has 4 heteroatoms. The molecule has 0 unspecified atom stereocenters. The molecule has 0 amide bonds. The zero-order valence-electron chi connectivity index (χ0n) is 11.3. The van der Waals surface area contributed by atoms with E-state index < -0.39 is 6.29 Å². The smallest absolute Gasteiger partial charge is 0.395 e. The standard InChI is InChI=1S/C14H18F2O2/c1-8(2)9-6-11-12(18-14(15,16)17-11)7-10(9)13(3,4)5/h6-8H,1-5H3. The maximum atomic E-state index is 13.1. The van der Waals surface area contributed by atoms with E-state index in [1.165, 1.54) is 0 Å². The van der Waals surface area contributed by atoms with Crippen LogP contribution >= 0.6 is 0 Å². The highest BCUT2D eigenvalue weighted by Crippen LogP contribution is 2.46. The van der Waals surface area contributed by atoms with E-state index in [1.54, 1.807) is 12.1 Å². The monoisotopic (exact) mass is 256 g/mol. The van der Waals surface area contributed by atoms with Crippen molar-refractivity contribution in [3.8, 4) is 11.5 Å². The van der Waals surface area contributed by atoms with Crippen molar-refractivity contribution in [2.24, 2.45) is 0 Å². The molecule has 100 valence electrons. The van der Waals surface area contributed by atoms with Gasteiger partial charge in [-0.3, -0.25) is 0 Å². The molecule has 1 aliphatic heterocycles. The van der Waals surface area contributed by atoms with Crippen LogP contribution in [0, 0.1) is 0 Å². The fourth-order valence-electron chi connectivity index (χ4n) is 2.14. The molecule has 0 saturated heterocycles. The molecular formula is C14H18F2O2. The van der Waals surface area contributed by atoms with Crippen LogP contribution in [0.3, 0.4) is 0 Å². The van der Waals surface area contributed by atoms with Crippen molar-refractivity contribution < 1.29 is 18.3 Å². The minimum absolute atomic E-state index is 0.120. The summed E-state index contributed by atoms with van der Waals surface area (Å²) in [4.78, 5) is 0. The van der Waals surface area contributed by atoms with Gasteiger partial charge in [0.25, 0.3) is 0 Å². The zero-order valence-corrected chi connectivity index (χ0v) is 11.3. The minimum atomic E-state index is -3.55. The minimum Gasteiger partial charge on any atom is -0.395 e. The van der Waals surface area contributed by atoms with Gasteiger partial charge in [0.15, 0.2) is 11.5 Å². The average molecular weight is 256 g/mol. The Balaban J connectivity index is 2.56. The molecule has 0 spiro atoms. The predicted molar refractivity (Wildman–Crippen MR) is 65.4 cm³/mol. The summed E-state index contributed by atoms with van der Waals surface area (Å²) in [6.07, 6.45) is -3.55.